The van der Waals surface area contributed by atoms with Gasteiger partial charge in [-0.15, -0.1) is 0 Å². The fraction of sp³-hybridized carbons (Fsp3) is 0.600. The molecule has 2 aliphatic rings. The summed E-state index contributed by atoms with van der Waals surface area (Å²) in [6.45, 7) is 8.84. The van der Waals surface area contributed by atoms with Crippen LogP contribution in [0.2, 0.25) is 0 Å². The predicted molar refractivity (Wildman–Crippen MR) is 74.3 cm³/mol. The van der Waals surface area contributed by atoms with Crippen molar-refractivity contribution in [3.05, 3.63) is 24.3 Å². The van der Waals surface area contributed by atoms with Crippen molar-refractivity contribution < 1.29 is 4.74 Å². The lowest BCUT2D eigenvalue weighted by molar-refractivity contribution is 0.225. The summed E-state index contributed by atoms with van der Waals surface area (Å²) in [4.78, 5) is 2.45. The smallest absolute Gasteiger partial charge is 0.142 e. The maximum Gasteiger partial charge on any atom is 0.142 e. The Morgan fingerprint density at radius 2 is 2.06 bits per heavy atom. The Morgan fingerprint density at radius 1 is 1.28 bits per heavy atom. The summed E-state index contributed by atoms with van der Waals surface area (Å²) in [6.07, 6.45) is 1.55. The van der Waals surface area contributed by atoms with Crippen molar-refractivity contribution in [1.29, 1.82) is 0 Å². The van der Waals surface area contributed by atoms with Crippen LogP contribution in [0.25, 0.3) is 0 Å². The second kappa shape index (κ2) is 4.47. The Balaban J connectivity index is 1.73. The van der Waals surface area contributed by atoms with Crippen molar-refractivity contribution in [2.24, 2.45) is 5.41 Å². The Kier molecular flexibility index (Phi) is 2.94. The summed E-state index contributed by atoms with van der Waals surface area (Å²) in [5.41, 5.74) is 1.79. The van der Waals surface area contributed by atoms with Crippen LogP contribution in [0.5, 0.6) is 5.75 Å². The van der Waals surface area contributed by atoms with Gasteiger partial charge in [-0.05, 0) is 38.9 Å². The third-order valence-corrected chi connectivity index (χ3v) is 3.95. The van der Waals surface area contributed by atoms with Gasteiger partial charge in [-0.2, -0.15) is 0 Å². The van der Waals surface area contributed by atoms with Crippen LogP contribution in [0, 0.1) is 5.41 Å². The van der Waals surface area contributed by atoms with Crippen molar-refractivity contribution in [2.45, 2.75) is 26.4 Å². The van der Waals surface area contributed by atoms with Crippen LogP contribution in [-0.4, -0.2) is 32.3 Å². The number of para-hydroxylation sites is 2. The van der Waals surface area contributed by atoms with Crippen LogP contribution in [0.15, 0.2) is 24.3 Å². The normalized spacial score (nSPS) is 21.4. The molecule has 2 fully saturated rings. The van der Waals surface area contributed by atoms with E-state index in [1.165, 1.54) is 38.3 Å². The van der Waals surface area contributed by atoms with Gasteiger partial charge in [0.15, 0.2) is 0 Å². The van der Waals surface area contributed by atoms with Gasteiger partial charge in [0.2, 0.25) is 0 Å². The molecule has 1 aromatic rings. The number of anilines is 1. The lowest BCUT2D eigenvalue weighted by Crippen LogP contribution is -2.57. The predicted octanol–water partition coefficient (Wildman–Crippen LogP) is 2.27. The summed E-state index contributed by atoms with van der Waals surface area (Å²) in [5.74, 6) is 1.02. The maximum atomic E-state index is 5.90. The average molecular weight is 246 g/mol. The van der Waals surface area contributed by atoms with E-state index in [1.54, 1.807) is 0 Å². The van der Waals surface area contributed by atoms with Crippen molar-refractivity contribution in [3.8, 4) is 5.75 Å². The monoisotopic (exact) mass is 246 g/mol. The van der Waals surface area contributed by atoms with Crippen LogP contribution in [0.4, 0.5) is 5.69 Å². The summed E-state index contributed by atoms with van der Waals surface area (Å²) in [6, 6.07) is 8.40. The molecule has 0 aromatic heterocycles. The number of rotatable bonds is 3. The van der Waals surface area contributed by atoms with Crippen LogP contribution < -0.4 is 15.0 Å². The molecule has 1 N–H and O–H groups in total. The number of nitrogens with zero attached hydrogens (tertiary/aromatic N) is 1. The molecule has 2 heterocycles. The van der Waals surface area contributed by atoms with Gasteiger partial charge >= 0.3 is 0 Å². The van der Waals surface area contributed by atoms with E-state index in [0.717, 1.165) is 5.75 Å². The molecule has 0 bridgehead atoms. The Morgan fingerprint density at radius 3 is 2.72 bits per heavy atom. The highest BCUT2D eigenvalue weighted by atomic mass is 16.5. The van der Waals surface area contributed by atoms with Gasteiger partial charge in [-0.1, -0.05) is 12.1 Å². The first kappa shape index (κ1) is 11.8. The molecule has 0 radical (unpaired) electrons. The van der Waals surface area contributed by atoms with Crippen LogP contribution >= 0.6 is 0 Å². The van der Waals surface area contributed by atoms with Gasteiger partial charge in [0, 0.05) is 25.0 Å². The molecule has 0 saturated carbocycles. The standard InChI is InChI=1S/C15H22N2O/c1-12(2)18-14-6-4-3-5-13(14)17-10-15(11-17)7-8-16-9-15/h3-6,12,16H,7-11H2,1-2H3. The topological polar surface area (TPSA) is 24.5 Å². The SMILES string of the molecule is CC(C)Oc1ccccc1N1CC2(CCNC2)C1. The van der Waals surface area contributed by atoms with Gasteiger partial charge in [0.25, 0.3) is 0 Å². The molecular weight excluding hydrogens is 224 g/mol. The molecule has 1 aromatic carbocycles. The zero-order valence-electron chi connectivity index (χ0n) is 11.3. The summed E-state index contributed by atoms with van der Waals surface area (Å²) in [7, 11) is 0. The lowest BCUT2D eigenvalue weighted by Gasteiger charge is -2.49. The number of nitrogens with one attached hydrogen (secondary N) is 1. The summed E-state index contributed by atoms with van der Waals surface area (Å²) >= 11 is 0. The zero-order chi connectivity index (χ0) is 12.6. The molecule has 3 rings (SSSR count). The fourth-order valence-corrected chi connectivity index (χ4v) is 3.07. The second-order valence-corrected chi connectivity index (χ2v) is 5.92. The highest BCUT2D eigenvalue weighted by Gasteiger charge is 2.45. The Labute approximate surface area is 109 Å². The van der Waals surface area contributed by atoms with E-state index in [1.807, 2.05) is 6.07 Å². The van der Waals surface area contributed by atoms with E-state index in [4.69, 9.17) is 4.74 Å². The molecule has 18 heavy (non-hydrogen) atoms. The minimum absolute atomic E-state index is 0.231. The van der Waals surface area contributed by atoms with Crippen LogP contribution in [0.3, 0.4) is 0 Å². The van der Waals surface area contributed by atoms with E-state index < -0.39 is 0 Å². The van der Waals surface area contributed by atoms with E-state index in [-0.39, 0.29) is 6.10 Å². The molecule has 0 amide bonds. The molecule has 1 spiro atoms. The molecule has 2 saturated heterocycles. The fourth-order valence-electron chi connectivity index (χ4n) is 3.07. The molecule has 3 nitrogen and oxygen atoms in total. The third kappa shape index (κ3) is 2.07. The summed E-state index contributed by atoms with van der Waals surface area (Å²) < 4.78 is 5.90. The third-order valence-electron chi connectivity index (χ3n) is 3.95. The van der Waals surface area contributed by atoms with E-state index in [9.17, 15) is 0 Å². The van der Waals surface area contributed by atoms with Crippen molar-refractivity contribution in [1.82, 2.24) is 5.32 Å². The molecule has 0 atom stereocenters. The van der Waals surface area contributed by atoms with Crippen molar-refractivity contribution >= 4 is 5.69 Å². The first-order chi connectivity index (χ1) is 8.69. The average Bonchev–Trinajstić information content (AvgIpc) is 2.76. The number of ether oxygens (including phenoxy) is 1. The van der Waals surface area contributed by atoms with E-state index >= 15 is 0 Å². The van der Waals surface area contributed by atoms with Crippen LogP contribution in [-0.2, 0) is 0 Å². The van der Waals surface area contributed by atoms with Crippen molar-refractivity contribution in [2.75, 3.05) is 31.1 Å². The number of benzene rings is 1. The quantitative estimate of drug-likeness (QED) is 0.885. The lowest BCUT2D eigenvalue weighted by atomic mass is 9.79. The molecular formula is C15H22N2O. The minimum Gasteiger partial charge on any atom is -0.489 e. The largest absolute Gasteiger partial charge is 0.489 e. The van der Waals surface area contributed by atoms with Gasteiger partial charge in [-0.3, -0.25) is 0 Å². The highest BCUT2D eigenvalue weighted by Crippen LogP contribution is 2.42. The Bertz CT molecular complexity index is 416. The Hall–Kier alpha value is -1.22. The second-order valence-electron chi connectivity index (χ2n) is 5.92. The van der Waals surface area contributed by atoms with E-state index in [0.29, 0.717) is 5.41 Å². The zero-order valence-corrected chi connectivity index (χ0v) is 11.3. The minimum atomic E-state index is 0.231. The first-order valence-corrected chi connectivity index (χ1v) is 6.90. The molecule has 3 heteroatoms. The molecule has 2 aliphatic heterocycles. The first-order valence-electron chi connectivity index (χ1n) is 6.90. The molecule has 0 aliphatic carbocycles. The van der Waals surface area contributed by atoms with E-state index in [2.05, 4.69) is 42.3 Å². The van der Waals surface area contributed by atoms with Gasteiger partial charge in [0.05, 0.1) is 11.8 Å². The van der Waals surface area contributed by atoms with Crippen molar-refractivity contribution in [3.63, 3.8) is 0 Å². The number of hydrogen-bond acceptors (Lipinski definition) is 3. The van der Waals surface area contributed by atoms with Crippen LogP contribution in [0.1, 0.15) is 20.3 Å². The maximum absolute atomic E-state index is 5.90. The van der Waals surface area contributed by atoms with Gasteiger partial charge in [-0.25, -0.2) is 0 Å². The molecule has 98 valence electrons. The molecule has 0 unspecified atom stereocenters. The highest BCUT2D eigenvalue weighted by molar-refractivity contribution is 5.60. The number of hydrogen-bond donors (Lipinski definition) is 1. The summed E-state index contributed by atoms with van der Waals surface area (Å²) in [5, 5.41) is 3.48. The van der Waals surface area contributed by atoms with Gasteiger partial charge in [0.1, 0.15) is 5.75 Å². The van der Waals surface area contributed by atoms with Gasteiger partial charge < -0.3 is 15.0 Å².